The number of carbonyl (C=O) groups is 1. The first-order valence-electron chi connectivity index (χ1n) is 3.83. The summed E-state index contributed by atoms with van der Waals surface area (Å²) in [4.78, 5) is 9.57. The van der Waals surface area contributed by atoms with E-state index in [1.54, 1.807) is 0 Å². The quantitative estimate of drug-likeness (QED) is 0.496. The molecule has 0 saturated carbocycles. The minimum Gasteiger partial charge on any atom is -0.480 e. The van der Waals surface area contributed by atoms with Gasteiger partial charge in [-0.15, -0.1) is 0 Å². The zero-order chi connectivity index (χ0) is 8.69. The molecule has 1 atom stereocenters. The molecule has 0 radical (unpaired) electrons. The van der Waals surface area contributed by atoms with E-state index in [1.165, 1.54) is 32.9 Å². The maximum atomic E-state index is 9.57. The van der Waals surface area contributed by atoms with Crippen LogP contribution in [0.4, 0.5) is 0 Å². The molecule has 1 heterocycles. The van der Waals surface area contributed by atoms with Gasteiger partial charge in [0.1, 0.15) is 6.04 Å². The van der Waals surface area contributed by atoms with Crippen LogP contribution in [0.5, 0.6) is 0 Å². The summed E-state index contributed by atoms with van der Waals surface area (Å²) in [6.45, 7) is 3.92. The molecule has 1 saturated heterocycles. The highest BCUT2D eigenvalue weighted by Crippen LogP contribution is 1.90. The SMILES string of the molecule is C1CCNC1.C[C@H](N)C(=O)O. The fourth-order valence-electron chi connectivity index (χ4n) is 0.625. The molecule has 1 fully saturated rings. The Labute approximate surface area is 66.8 Å². The van der Waals surface area contributed by atoms with Crippen LogP contribution in [0.2, 0.25) is 0 Å². The molecule has 0 aromatic carbocycles. The van der Waals surface area contributed by atoms with Crippen LogP contribution in [0.25, 0.3) is 0 Å². The summed E-state index contributed by atoms with van der Waals surface area (Å²) in [5.74, 6) is -0.963. The number of rotatable bonds is 1. The van der Waals surface area contributed by atoms with Crippen molar-refractivity contribution in [3.63, 3.8) is 0 Å². The maximum Gasteiger partial charge on any atom is 0.320 e. The molecule has 1 aliphatic heterocycles. The second kappa shape index (κ2) is 6.12. The van der Waals surface area contributed by atoms with Crippen molar-refractivity contribution in [3.05, 3.63) is 0 Å². The molecule has 0 aromatic rings. The molecule has 0 aliphatic carbocycles. The van der Waals surface area contributed by atoms with Crippen molar-refractivity contribution >= 4 is 5.97 Å². The van der Waals surface area contributed by atoms with Gasteiger partial charge in [-0.1, -0.05) is 0 Å². The normalized spacial score (nSPS) is 18.4. The Morgan fingerprint density at radius 1 is 1.55 bits per heavy atom. The number of carboxylic acid groups (broad SMARTS) is 1. The smallest absolute Gasteiger partial charge is 0.320 e. The van der Waals surface area contributed by atoms with E-state index in [1.807, 2.05) is 0 Å². The van der Waals surface area contributed by atoms with Crippen LogP contribution >= 0.6 is 0 Å². The Balaban J connectivity index is 0.000000183. The van der Waals surface area contributed by atoms with Gasteiger partial charge in [-0.3, -0.25) is 4.79 Å². The molecule has 11 heavy (non-hydrogen) atoms. The number of aliphatic carboxylic acids is 1. The van der Waals surface area contributed by atoms with Crippen LogP contribution in [0.3, 0.4) is 0 Å². The second-order valence-corrected chi connectivity index (χ2v) is 2.58. The standard InChI is InChI=1S/C4H9N.C3H7NO2/c1-2-4-5-3-1;1-2(4)3(5)6/h5H,1-4H2;2H,4H2,1H3,(H,5,6)/t;2-/m.0/s1. The summed E-state index contributed by atoms with van der Waals surface area (Å²) < 4.78 is 0. The average Bonchev–Trinajstić information content (AvgIpc) is 2.41. The fraction of sp³-hybridized carbons (Fsp3) is 0.857. The predicted octanol–water partition coefficient (Wildman–Crippen LogP) is -0.212. The first kappa shape index (κ1) is 10.4. The summed E-state index contributed by atoms with van der Waals surface area (Å²) in [6, 6.07) is -0.731. The molecular weight excluding hydrogens is 144 g/mol. The lowest BCUT2D eigenvalue weighted by Gasteiger charge is -1.90. The highest BCUT2D eigenvalue weighted by molar-refractivity contribution is 5.72. The van der Waals surface area contributed by atoms with Crippen molar-refractivity contribution in [2.75, 3.05) is 13.1 Å². The molecule has 4 N–H and O–H groups in total. The van der Waals surface area contributed by atoms with E-state index in [0.29, 0.717) is 0 Å². The number of carboxylic acids is 1. The molecular formula is C7H16N2O2. The molecule has 1 aliphatic rings. The van der Waals surface area contributed by atoms with Crippen molar-refractivity contribution in [1.82, 2.24) is 5.32 Å². The molecule has 66 valence electrons. The van der Waals surface area contributed by atoms with Crippen LogP contribution in [0, 0.1) is 0 Å². The van der Waals surface area contributed by atoms with Crippen molar-refractivity contribution in [2.45, 2.75) is 25.8 Å². The third-order valence-electron chi connectivity index (χ3n) is 1.35. The monoisotopic (exact) mass is 160 g/mol. The zero-order valence-corrected chi connectivity index (χ0v) is 6.84. The molecule has 0 unspecified atom stereocenters. The van der Waals surface area contributed by atoms with E-state index in [-0.39, 0.29) is 0 Å². The maximum absolute atomic E-state index is 9.57. The van der Waals surface area contributed by atoms with Crippen LogP contribution in [-0.2, 0) is 4.79 Å². The Morgan fingerprint density at radius 3 is 2.00 bits per heavy atom. The van der Waals surface area contributed by atoms with E-state index < -0.39 is 12.0 Å². The number of nitrogens with two attached hydrogens (primary N) is 1. The van der Waals surface area contributed by atoms with Gasteiger partial charge in [-0.25, -0.2) is 0 Å². The summed E-state index contributed by atoms with van der Waals surface area (Å²) in [7, 11) is 0. The minimum atomic E-state index is -0.963. The topological polar surface area (TPSA) is 75.3 Å². The Bertz CT molecular complexity index is 103. The lowest BCUT2D eigenvalue weighted by atomic mass is 10.4. The van der Waals surface area contributed by atoms with Gasteiger partial charge in [0, 0.05) is 0 Å². The molecule has 0 aromatic heterocycles. The fourth-order valence-corrected chi connectivity index (χ4v) is 0.625. The summed E-state index contributed by atoms with van der Waals surface area (Å²) in [5.41, 5.74) is 4.84. The minimum absolute atomic E-state index is 0.731. The summed E-state index contributed by atoms with van der Waals surface area (Å²) >= 11 is 0. The highest BCUT2D eigenvalue weighted by Gasteiger charge is 1.99. The van der Waals surface area contributed by atoms with Crippen molar-refractivity contribution < 1.29 is 9.90 Å². The van der Waals surface area contributed by atoms with E-state index in [9.17, 15) is 4.79 Å². The van der Waals surface area contributed by atoms with Crippen LogP contribution < -0.4 is 11.1 Å². The van der Waals surface area contributed by atoms with Crippen LogP contribution in [0.1, 0.15) is 19.8 Å². The zero-order valence-electron chi connectivity index (χ0n) is 6.84. The molecule has 1 rings (SSSR count). The number of nitrogens with one attached hydrogen (secondary N) is 1. The van der Waals surface area contributed by atoms with Gasteiger partial charge < -0.3 is 16.2 Å². The van der Waals surface area contributed by atoms with E-state index in [4.69, 9.17) is 10.8 Å². The predicted molar refractivity (Wildman–Crippen MR) is 43.4 cm³/mol. The van der Waals surface area contributed by atoms with Gasteiger partial charge in [0.25, 0.3) is 0 Å². The number of hydrogen-bond acceptors (Lipinski definition) is 3. The van der Waals surface area contributed by atoms with Gasteiger partial charge in [0.05, 0.1) is 0 Å². The summed E-state index contributed by atoms with van der Waals surface area (Å²) in [6.07, 6.45) is 2.78. The third kappa shape index (κ3) is 7.29. The Kier molecular flexibility index (Phi) is 5.78. The van der Waals surface area contributed by atoms with Gasteiger partial charge >= 0.3 is 5.97 Å². The van der Waals surface area contributed by atoms with Gasteiger partial charge in [-0.2, -0.15) is 0 Å². The molecule has 0 bridgehead atoms. The number of hydrogen-bond donors (Lipinski definition) is 3. The first-order chi connectivity index (χ1) is 5.14. The Hall–Kier alpha value is -0.610. The van der Waals surface area contributed by atoms with Crippen molar-refractivity contribution in [3.8, 4) is 0 Å². The summed E-state index contributed by atoms with van der Waals surface area (Å²) in [5, 5.41) is 11.1. The van der Waals surface area contributed by atoms with Crippen molar-refractivity contribution in [1.29, 1.82) is 0 Å². The molecule has 0 amide bonds. The van der Waals surface area contributed by atoms with Gasteiger partial charge in [-0.05, 0) is 32.9 Å². The average molecular weight is 160 g/mol. The van der Waals surface area contributed by atoms with E-state index >= 15 is 0 Å². The lowest BCUT2D eigenvalue weighted by Crippen LogP contribution is -2.25. The lowest BCUT2D eigenvalue weighted by molar-refractivity contribution is -0.138. The van der Waals surface area contributed by atoms with Gasteiger partial charge in [0.2, 0.25) is 0 Å². The van der Waals surface area contributed by atoms with E-state index in [0.717, 1.165) is 0 Å². The van der Waals surface area contributed by atoms with E-state index in [2.05, 4.69) is 5.32 Å². The largest absolute Gasteiger partial charge is 0.480 e. The van der Waals surface area contributed by atoms with Crippen molar-refractivity contribution in [2.24, 2.45) is 5.73 Å². The highest BCUT2D eigenvalue weighted by atomic mass is 16.4. The van der Waals surface area contributed by atoms with Gasteiger partial charge in [0.15, 0.2) is 0 Å². The second-order valence-electron chi connectivity index (χ2n) is 2.58. The first-order valence-corrected chi connectivity index (χ1v) is 3.83. The third-order valence-corrected chi connectivity index (χ3v) is 1.35. The molecule has 4 nitrogen and oxygen atoms in total. The Morgan fingerprint density at radius 2 is 1.91 bits per heavy atom. The molecule has 0 spiro atoms. The molecule has 4 heteroatoms. The van der Waals surface area contributed by atoms with Crippen LogP contribution in [-0.4, -0.2) is 30.2 Å². The van der Waals surface area contributed by atoms with Crippen LogP contribution in [0.15, 0.2) is 0 Å².